The summed E-state index contributed by atoms with van der Waals surface area (Å²) >= 11 is 1.76. The number of nitrogens with zero attached hydrogens (tertiary/aromatic N) is 1. The van der Waals surface area contributed by atoms with Crippen molar-refractivity contribution in [3.05, 3.63) is 94.3 Å². The number of hydrogen-bond donors (Lipinski definition) is 2. The van der Waals surface area contributed by atoms with Gasteiger partial charge in [0.1, 0.15) is 6.04 Å². The van der Waals surface area contributed by atoms with Crippen molar-refractivity contribution >= 4 is 28.1 Å². The maximum atomic E-state index is 13.5. The number of H-pyrrole nitrogens is 1. The van der Waals surface area contributed by atoms with Crippen LogP contribution in [0.3, 0.4) is 0 Å². The maximum absolute atomic E-state index is 13.5. The predicted molar refractivity (Wildman–Crippen MR) is 129 cm³/mol. The maximum Gasteiger partial charge on any atom is 0.244 e. The first kappa shape index (κ1) is 20.9. The molecule has 1 amide bonds. The van der Waals surface area contributed by atoms with Gasteiger partial charge in [-0.25, -0.2) is 0 Å². The highest BCUT2D eigenvalue weighted by atomic mass is 32.1. The van der Waals surface area contributed by atoms with Crippen LogP contribution in [0.25, 0.3) is 10.9 Å². The highest BCUT2D eigenvalue weighted by Crippen LogP contribution is 2.33. The van der Waals surface area contributed by atoms with Crippen LogP contribution in [-0.2, 0) is 9.53 Å². The van der Waals surface area contributed by atoms with Gasteiger partial charge in [0, 0.05) is 47.5 Å². The highest BCUT2D eigenvalue weighted by molar-refractivity contribution is 7.10. The summed E-state index contributed by atoms with van der Waals surface area (Å²) in [5, 5.41) is 6.98. The quantitative estimate of drug-likeness (QED) is 0.439. The molecule has 0 spiro atoms. The predicted octanol–water partition coefficient (Wildman–Crippen LogP) is 4.55. The molecule has 0 saturated carbocycles. The largest absolute Gasteiger partial charge is 0.378 e. The summed E-state index contributed by atoms with van der Waals surface area (Å²) in [6.45, 7) is 3.14. The lowest BCUT2D eigenvalue weighted by Crippen LogP contribution is -2.46. The molecular weight excluding hydrogens is 418 g/mol. The van der Waals surface area contributed by atoms with Gasteiger partial charge in [0.15, 0.2) is 0 Å². The van der Waals surface area contributed by atoms with Gasteiger partial charge in [-0.05, 0) is 28.6 Å². The Morgan fingerprint density at radius 1 is 1.03 bits per heavy atom. The third-order valence-corrected chi connectivity index (χ3v) is 7.10. The van der Waals surface area contributed by atoms with E-state index in [1.165, 1.54) is 15.8 Å². The van der Waals surface area contributed by atoms with E-state index in [1.807, 2.05) is 41.3 Å². The van der Waals surface area contributed by atoms with E-state index in [0.717, 1.165) is 11.1 Å². The van der Waals surface area contributed by atoms with Gasteiger partial charge in [-0.1, -0.05) is 54.6 Å². The minimum Gasteiger partial charge on any atom is -0.378 e. The molecule has 5 nitrogen and oxygen atoms in total. The molecule has 1 aliphatic rings. The van der Waals surface area contributed by atoms with E-state index in [2.05, 4.69) is 52.2 Å². The summed E-state index contributed by atoms with van der Waals surface area (Å²) in [6.07, 6.45) is 2.11. The van der Waals surface area contributed by atoms with Crippen LogP contribution >= 0.6 is 11.3 Å². The number of benzene rings is 2. The van der Waals surface area contributed by atoms with Gasteiger partial charge in [0.05, 0.1) is 13.2 Å². The normalized spacial score (nSPS) is 16.2. The lowest BCUT2D eigenvalue weighted by Gasteiger charge is -2.31. The van der Waals surface area contributed by atoms with Crippen LogP contribution in [0.5, 0.6) is 0 Å². The zero-order chi connectivity index (χ0) is 21.8. The fourth-order valence-corrected chi connectivity index (χ4v) is 5.28. The van der Waals surface area contributed by atoms with Gasteiger partial charge in [-0.2, -0.15) is 0 Å². The number of nitrogens with one attached hydrogen (secondary N) is 2. The zero-order valence-corrected chi connectivity index (χ0v) is 18.7. The minimum absolute atomic E-state index is 0.114. The number of ether oxygens (including phenoxy) is 1. The monoisotopic (exact) mass is 445 g/mol. The molecule has 32 heavy (non-hydrogen) atoms. The van der Waals surface area contributed by atoms with Crippen molar-refractivity contribution in [3.8, 4) is 0 Å². The second-order valence-electron chi connectivity index (χ2n) is 8.05. The molecule has 5 rings (SSSR count). The number of rotatable bonds is 7. The second-order valence-corrected chi connectivity index (χ2v) is 9.03. The Labute approximate surface area is 192 Å². The summed E-state index contributed by atoms with van der Waals surface area (Å²) in [7, 11) is 0. The SMILES string of the molecule is O=C([C@@H](NC[C@@H](c1cccs1)c1c[nH]c2ccccc12)c1ccccc1)N1CCOCC1. The average molecular weight is 446 g/mol. The number of carbonyl (C=O) groups is 1. The third-order valence-electron chi connectivity index (χ3n) is 6.11. The van der Waals surface area contributed by atoms with Crippen molar-refractivity contribution in [2.75, 3.05) is 32.8 Å². The summed E-state index contributed by atoms with van der Waals surface area (Å²) in [6, 6.07) is 22.3. The lowest BCUT2D eigenvalue weighted by molar-refractivity contribution is -0.137. The van der Waals surface area contributed by atoms with E-state index in [0.29, 0.717) is 32.8 Å². The molecule has 0 unspecified atom stereocenters. The van der Waals surface area contributed by atoms with Crippen molar-refractivity contribution in [3.63, 3.8) is 0 Å². The van der Waals surface area contributed by atoms with Crippen molar-refractivity contribution < 1.29 is 9.53 Å². The number of aromatic amines is 1. The van der Waals surface area contributed by atoms with Crippen LogP contribution in [0.2, 0.25) is 0 Å². The van der Waals surface area contributed by atoms with Gasteiger partial charge < -0.3 is 19.9 Å². The summed E-state index contributed by atoms with van der Waals surface area (Å²) in [5.41, 5.74) is 3.38. The molecule has 2 aromatic carbocycles. The number of carbonyl (C=O) groups excluding carboxylic acids is 1. The summed E-state index contributed by atoms with van der Waals surface area (Å²) in [4.78, 5) is 20.1. The average Bonchev–Trinajstić information content (AvgIpc) is 3.54. The van der Waals surface area contributed by atoms with Crippen LogP contribution in [0.1, 0.15) is 28.0 Å². The lowest BCUT2D eigenvalue weighted by atomic mass is 9.95. The summed E-state index contributed by atoms with van der Waals surface area (Å²) in [5.74, 6) is 0.262. The first-order valence-corrected chi connectivity index (χ1v) is 11.9. The standard InChI is InChI=1S/C26H27N3O2S/c30-26(29-12-14-31-15-13-29)25(19-7-2-1-3-8-19)28-18-22(24-11-6-16-32-24)21-17-27-23-10-5-4-9-20(21)23/h1-11,16-17,22,25,27-28H,12-15,18H2/t22-,25+/m1/s1. The number of amides is 1. The highest BCUT2D eigenvalue weighted by Gasteiger charge is 2.29. The molecule has 6 heteroatoms. The van der Waals surface area contributed by atoms with Gasteiger partial charge >= 0.3 is 0 Å². The first-order valence-electron chi connectivity index (χ1n) is 11.1. The first-order chi connectivity index (χ1) is 15.8. The molecule has 164 valence electrons. The smallest absolute Gasteiger partial charge is 0.244 e. The molecule has 2 aromatic heterocycles. The third kappa shape index (κ3) is 4.35. The van der Waals surface area contributed by atoms with E-state index in [1.54, 1.807) is 11.3 Å². The van der Waals surface area contributed by atoms with E-state index >= 15 is 0 Å². The Morgan fingerprint density at radius 2 is 1.81 bits per heavy atom. The molecule has 1 saturated heterocycles. The molecule has 2 N–H and O–H groups in total. The van der Waals surface area contributed by atoms with Crippen LogP contribution in [-0.4, -0.2) is 48.6 Å². The number of morpholine rings is 1. The molecule has 3 heterocycles. The van der Waals surface area contributed by atoms with Crippen LogP contribution < -0.4 is 5.32 Å². The molecule has 0 radical (unpaired) electrons. The van der Waals surface area contributed by atoms with Gasteiger partial charge in [0.2, 0.25) is 5.91 Å². The molecule has 0 bridgehead atoms. The molecule has 0 aliphatic carbocycles. The number of para-hydroxylation sites is 1. The Kier molecular flexibility index (Phi) is 6.34. The Morgan fingerprint density at radius 3 is 2.59 bits per heavy atom. The number of aromatic nitrogens is 1. The number of hydrogen-bond acceptors (Lipinski definition) is 4. The Hall–Kier alpha value is -2.93. The zero-order valence-electron chi connectivity index (χ0n) is 17.9. The fourth-order valence-electron chi connectivity index (χ4n) is 4.43. The van der Waals surface area contributed by atoms with Crippen molar-refractivity contribution in [2.45, 2.75) is 12.0 Å². The molecule has 1 aliphatic heterocycles. The Balaban J connectivity index is 1.44. The van der Waals surface area contributed by atoms with E-state index < -0.39 is 0 Å². The fraction of sp³-hybridized carbons (Fsp3) is 0.269. The molecule has 2 atom stereocenters. The molecular formula is C26H27N3O2S. The number of thiophene rings is 1. The van der Waals surface area contributed by atoms with E-state index in [4.69, 9.17) is 4.74 Å². The topological polar surface area (TPSA) is 57.4 Å². The van der Waals surface area contributed by atoms with Crippen LogP contribution in [0.15, 0.2) is 78.3 Å². The van der Waals surface area contributed by atoms with Crippen molar-refractivity contribution in [2.24, 2.45) is 0 Å². The van der Waals surface area contributed by atoms with E-state index in [9.17, 15) is 4.79 Å². The van der Waals surface area contributed by atoms with Crippen molar-refractivity contribution in [1.82, 2.24) is 15.2 Å². The summed E-state index contributed by atoms with van der Waals surface area (Å²) < 4.78 is 5.46. The minimum atomic E-state index is -0.387. The van der Waals surface area contributed by atoms with Gasteiger partial charge in [-0.15, -0.1) is 11.3 Å². The second kappa shape index (κ2) is 9.69. The van der Waals surface area contributed by atoms with Crippen LogP contribution in [0.4, 0.5) is 0 Å². The van der Waals surface area contributed by atoms with Gasteiger partial charge in [0.25, 0.3) is 0 Å². The van der Waals surface area contributed by atoms with Crippen LogP contribution in [0, 0.1) is 0 Å². The van der Waals surface area contributed by atoms with E-state index in [-0.39, 0.29) is 17.9 Å². The number of fused-ring (bicyclic) bond motifs is 1. The van der Waals surface area contributed by atoms with Crippen molar-refractivity contribution in [1.29, 1.82) is 0 Å². The molecule has 1 fully saturated rings. The Bertz CT molecular complexity index is 1150. The van der Waals surface area contributed by atoms with Gasteiger partial charge in [-0.3, -0.25) is 4.79 Å². The molecule has 4 aromatic rings.